The third-order valence-electron chi connectivity index (χ3n) is 2.18. The Morgan fingerprint density at radius 1 is 1.56 bits per heavy atom. The smallest absolute Gasteiger partial charge is 0.266 e. The number of thiocarbonyl (C=S) groups is 1. The molecule has 1 aromatic rings. The second kappa shape index (κ2) is 5.28. The van der Waals surface area contributed by atoms with Crippen molar-refractivity contribution in [3.05, 3.63) is 35.0 Å². The number of thioether (sulfide) groups is 1. The standard InChI is InChI=1S/C11H8N2O3S2/c14-9(15)6-13-10(16)8(18-11(13)17)5-7-3-1-2-4-12-7/h1-5H,6H2,(H,14,15)/b8-5-. The highest BCUT2D eigenvalue weighted by Crippen LogP contribution is 2.31. The van der Waals surface area contributed by atoms with Crippen molar-refractivity contribution in [1.82, 2.24) is 4.90 Å². The molecule has 0 aliphatic carbocycles. The van der Waals surface area contributed by atoms with Crippen molar-refractivity contribution in [1.29, 1.82) is 0 Å². The highest BCUT2D eigenvalue weighted by atomic mass is 32.2. The van der Waals surface area contributed by atoms with Gasteiger partial charge in [0.05, 0.1) is 17.4 Å². The number of hydrogen-bond acceptors (Lipinski definition) is 5. The minimum Gasteiger partial charge on any atom is -0.548 e. The van der Waals surface area contributed by atoms with E-state index >= 15 is 0 Å². The Bertz CT molecular complexity index is 542. The highest BCUT2D eigenvalue weighted by Gasteiger charge is 2.32. The van der Waals surface area contributed by atoms with Crippen molar-refractivity contribution in [2.45, 2.75) is 0 Å². The molecular formula is C11H8N2O3S2. The molecule has 1 saturated heterocycles. The molecule has 0 unspecified atom stereocenters. The van der Waals surface area contributed by atoms with Crippen LogP contribution in [-0.2, 0) is 9.59 Å². The van der Waals surface area contributed by atoms with Crippen LogP contribution in [0.1, 0.15) is 5.69 Å². The molecule has 0 atom stereocenters. The van der Waals surface area contributed by atoms with Gasteiger partial charge in [-0.3, -0.25) is 9.69 Å². The molecule has 0 aromatic carbocycles. The lowest BCUT2D eigenvalue weighted by molar-refractivity contribution is -0.380. The third-order valence-corrected chi connectivity index (χ3v) is 3.56. The number of hydrogen-bond donors (Lipinski definition) is 0. The lowest BCUT2D eigenvalue weighted by Gasteiger charge is -2.14. The van der Waals surface area contributed by atoms with E-state index in [9.17, 15) is 14.7 Å². The molecule has 0 saturated carbocycles. The van der Waals surface area contributed by atoms with E-state index in [0.29, 0.717) is 4.91 Å². The lowest BCUT2D eigenvalue weighted by atomic mass is 10.3. The summed E-state index contributed by atoms with van der Waals surface area (Å²) in [5.74, 6) is -1.75. The number of nitrogens with one attached hydrogen (secondary N) is 1. The number of carboxylic acid groups (broad SMARTS) is 1. The predicted octanol–water partition coefficient (Wildman–Crippen LogP) is -0.548. The van der Waals surface area contributed by atoms with Crippen molar-refractivity contribution in [2.75, 3.05) is 6.54 Å². The van der Waals surface area contributed by atoms with Gasteiger partial charge in [0, 0.05) is 18.2 Å². The molecule has 1 fully saturated rings. The van der Waals surface area contributed by atoms with Gasteiger partial charge in [-0.25, -0.2) is 4.98 Å². The van der Waals surface area contributed by atoms with Crippen molar-refractivity contribution >= 4 is 46.3 Å². The number of nitrogens with zero attached hydrogens (tertiary/aromatic N) is 1. The van der Waals surface area contributed by atoms with E-state index in [1.165, 1.54) is 0 Å². The van der Waals surface area contributed by atoms with Crippen LogP contribution in [0.15, 0.2) is 29.3 Å². The molecule has 7 heteroatoms. The first-order chi connectivity index (χ1) is 8.58. The van der Waals surface area contributed by atoms with Crippen LogP contribution in [0.25, 0.3) is 6.08 Å². The van der Waals surface area contributed by atoms with Gasteiger partial charge in [0.1, 0.15) is 4.32 Å². The fourth-order valence-electron chi connectivity index (χ4n) is 1.40. The second-order valence-electron chi connectivity index (χ2n) is 3.46. The summed E-state index contributed by atoms with van der Waals surface area (Å²) in [6, 6.07) is 5.44. The van der Waals surface area contributed by atoms with Crippen LogP contribution in [0.3, 0.4) is 0 Å². The number of aromatic amines is 1. The number of carboxylic acids is 1. The Balaban J connectivity index is 2.23. The molecular weight excluding hydrogens is 272 g/mol. The normalized spacial score (nSPS) is 17.6. The number of amides is 1. The number of rotatable bonds is 3. The number of carbonyl (C=O) groups is 2. The summed E-state index contributed by atoms with van der Waals surface area (Å²) in [6.45, 7) is -0.513. The predicted molar refractivity (Wildman–Crippen MR) is 67.9 cm³/mol. The van der Waals surface area contributed by atoms with E-state index in [0.717, 1.165) is 22.4 Å². The topological polar surface area (TPSA) is 74.6 Å². The van der Waals surface area contributed by atoms with Crippen LogP contribution in [0.4, 0.5) is 0 Å². The first kappa shape index (κ1) is 12.7. The molecule has 2 rings (SSSR count). The molecule has 0 radical (unpaired) electrons. The van der Waals surface area contributed by atoms with Crippen molar-refractivity contribution in [2.24, 2.45) is 0 Å². The van der Waals surface area contributed by atoms with Gasteiger partial charge in [-0.2, -0.15) is 0 Å². The van der Waals surface area contributed by atoms with Crippen LogP contribution in [0, 0.1) is 0 Å². The van der Waals surface area contributed by atoms with Crippen molar-refractivity contribution in [3.63, 3.8) is 0 Å². The van der Waals surface area contributed by atoms with E-state index in [2.05, 4.69) is 4.98 Å². The minimum absolute atomic E-state index is 0.228. The zero-order valence-electron chi connectivity index (χ0n) is 9.08. The number of carbonyl (C=O) groups excluding carboxylic acids is 2. The molecule has 1 aliphatic rings. The largest absolute Gasteiger partial charge is 0.548 e. The Kier molecular flexibility index (Phi) is 3.73. The first-order valence-electron chi connectivity index (χ1n) is 5.00. The maximum Gasteiger partial charge on any atom is 0.266 e. The van der Waals surface area contributed by atoms with Gasteiger partial charge in [0.25, 0.3) is 5.91 Å². The first-order valence-corrected chi connectivity index (χ1v) is 6.22. The van der Waals surface area contributed by atoms with Crippen LogP contribution in [-0.4, -0.2) is 27.6 Å². The van der Waals surface area contributed by atoms with Crippen LogP contribution in [0.5, 0.6) is 0 Å². The molecule has 0 spiro atoms. The van der Waals surface area contributed by atoms with Crippen molar-refractivity contribution in [3.8, 4) is 0 Å². The molecule has 1 aliphatic heterocycles. The van der Waals surface area contributed by atoms with Crippen LogP contribution < -0.4 is 10.1 Å². The van der Waals surface area contributed by atoms with Crippen molar-refractivity contribution < 1.29 is 19.7 Å². The molecule has 92 valence electrons. The van der Waals surface area contributed by atoms with Gasteiger partial charge in [0.15, 0.2) is 6.20 Å². The number of pyridine rings is 1. The van der Waals surface area contributed by atoms with Gasteiger partial charge in [-0.1, -0.05) is 24.0 Å². The zero-order chi connectivity index (χ0) is 13.1. The van der Waals surface area contributed by atoms with E-state index in [1.54, 1.807) is 18.3 Å². The summed E-state index contributed by atoms with van der Waals surface area (Å²) in [5, 5.41) is 10.5. The summed E-state index contributed by atoms with van der Waals surface area (Å²) >= 11 is 6.03. The van der Waals surface area contributed by atoms with Crippen LogP contribution in [0.2, 0.25) is 0 Å². The molecule has 0 bridgehead atoms. The summed E-state index contributed by atoms with van der Waals surface area (Å²) in [7, 11) is 0. The fraction of sp³-hybridized carbons (Fsp3) is 0.0909. The van der Waals surface area contributed by atoms with Gasteiger partial charge < -0.3 is 9.90 Å². The number of aromatic nitrogens is 1. The number of H-pyrrole nitrogens is 1. The average molecular weight is 280 g/mol. The maximum atomic E-state index is 11.9. The summed E-state index contributed by atoms with van der Waals surface area (Å²) < 4.78 is 0.228. The Morgan fingerprint density at radius 2 is 2.33 bits per heavy atom. The lowest BCUT2D eigenvalue weighted by Crippen LogP contribution is -2.40. The second-order valence-corrected chi connectivity index (χ2v) is 5.13. The monoisotopic (exact) mass is 280 g/mol. The molecule has 1 aromatic heterocycles. The summed E-state index contributed by atoms with van der Waals surface area (Å²) in [6.07, 6.45) is 3.36. The summed E-state index contributed by atoms with van der Waals surface area (Å²) in [5.41, 5.74) is 0.742. The maximum absolute atomic E-state index is 11.9. The van der Waals surface area contributed by atoms with Gasteiger partial charge >= 0.3 is 0 Å². The molecule has 1 N–H and O–H groups in total. The molecule has 1 amide bonds. The van der Waals surface area contributed by atoms with E-state index in [1.807, 2.05) is 12.1 Å². The molecule has 18 heavy (non-hydrogen) atoms. The molecule has 5 nitrogen and oxygen atoms in total. The highest BCUT2D eigenvalue weighted by molar-refractivity contribution is 8.26. The summed E-state index contributed by atoms with van der Waals surface area (Å²) in [4.78, 5) is 26.8. The van der Waals surface area contributed by atoms with Crippen LogP contribution >= 0.6 is 24.0 Å². The fourth-order valence-corrected chi connectivity index (χ4v) is 2.65. The quantitative estimate of drug-likeness (QED) is 0.549. The Morgan fingerprint density at radius 3 is 2.94 bits per heavy atom. The Hall–Kier alpha value is -1.73. The number of aliphatic carboxylic acids is 1. The minimum atomic E-state index is -1.33. The van der Waals surface area contributed by atoms with E-state index < -0.39 is 18.4 Å². The zero-order valence-corrected chi connectivity index (χ0v) is 10.7. The molecule has 2 heterocycles. The average Bonchev–Trinajstić information content (AvgIpc) is 2.58. The van der Waals surface area contributed by atoms with Gasteiger partial charge in [-0.05, 0) is 6.07 Å². The Labute approximate surface area is 113 Å². The van der Waals surface area contributed by atoms with Gasteiger partial charge in [0.2, 0.25) is 5.69 Å². The SMILES string of the molecule is O=C([O-])CN1C(=O)/C(=C/c2cccc[nH+]2)SC1=S. The van der Waals surface area contributed by atoms with E-state index in [4.69, 9.17) is 12.2 Å². The van der Waals surface area contributed by atoms with E-state index in [-0.39, 0.29) is 4.32 Å². The van der Waals surface area contributed by atoms with Gasteiger partial charge in [-0.15, -0.1) is 0 Å². The third kappa shape index (κ3) is 2.74.